The van der Waals surface area contributed by atoms with Gasteiger partial charge in [0.1, 0.15) is 18.0 Å². The van der Waals surface area contributed by atoms with E-state index in [9.17, 15) is 4.39 Å². The number of amidine groups is 2. The van der Waals surface area contributed by atoms with Crippen LogP contribution in [0.15, 0.2) is 92.0 Å². The van der Waals surface area contributed by atoms with Crippen molar-refractivity contribution in [3.63, 3.8) is 0 Å². The number of anilines is 2. The molecule has 23 heteroatoms. The summed E-state index contributed by atoms with van der Waals surface area (Å²) in [4.78, 5) is 42.0. The summed E-state index contributed by atoms with van der Waals surface area (Å²) in [5.74, 6) is 3.06. The molecule has 0 amide bonds. The average Bonchev–Trinajstić information content (AvgIpc) is 3.93. The first kappa shape index (κ1) is 73.7. The SMILES string of the molecule is COC1CCN(C(C)=N)C1.COC1CCN(C(C)=N)CC1.COCCNc1nccc(C)n1.Cc1cc[n+](O)cc1CN(C)C.Cc1ccc(F)cc1CN(C)C.Cc1ccnc(CN(C)C)n1.Cc1ccnc(N)n1.Cc1ccncn1. The van der Waals surface area contributed by atoms with Crippen LogP contribution in [0, 0.1) is 58.2 Å². The Morgan fingerprint density at radius 1 is 0.663 bits per heavy atom. The Bertz CT molecular complexity index is 2620. The molecule has 7 heterocycles. The topological polar surface area (TPSA) is 257 Å². The molecular formula is C60H98FN18O4+. The fourth-order valence-electron chi connectivity index (χ4n) is 7.39. The summed E-state index contributed by atoms with van der Waals surface area (Å²) in [7, 11) is 17.1. The van der Waals surface area contributed by atoms with E-state index in [0.29, 0.717) is 42.4 Å². The number of nitrogen functional groups attached to an aromatic ring is 1. The molecule has 83 heavy (non-hydrogen) atoms. The Labute approximate surface area is 494 Å². The van der Waals surface area contributed by atoms with E-state index in [0.717, 1.165) is 122 Å². The molecule has 0 spiro atoms. The van der Waals surface area contributed by atoms with Crippen molar-refractivity contribution in [2.75, 3.05) is 114 Å². The van der Waals surface area contributed by atoms with Gasteiger partial charge in [0, 0.05) is 131 Å². The Morgan fingerprint density at radius 2 is 1.19 bits per heavy atom. The van der Waals surface area contributed by atoms with Crippen LogP contribution in [-0.2, 0) is 33.8 Å². The molecule has 0 aliphatic carbocycles. The number of pyridine rings is 1. The van der Waals surface area contributed by atoms with Crippen molar-refractivity contribution in [3.05, 3.63) is 149 Å². The molecule has 458 valence electrons. The highest BCUT2D eigenvalue weighted by Gasteiger charge is 2.22. The van der Waals surface area contributed by atoms with E-state index in [1.807, 2.05) is 138 Å². The van der Waals surface area contributed by atoms with Crippen LogP contribution in [0.3, 0.4) is 0 Å². The molecule has 0 bridgehead atoms. The van der Waals surface area contributed by atoms with Gasteiger partial charge in [-0.25, -0.2) is 44.3 Å². The zero-order chi connectivity index (χ0) is 62.3. The summed E-state index contributed by atoms with van der Waals surface area (Å²) in [5.41, 5.74) is 13.7. The van der Waals surface area contributed by atoms with Crippen molar-refractivity contribution in [3.8, 4) is 0 Å². The fourth-order valence-corrected chi connectivity index (χ4v) is 7.39. The largest absolute Gasteiger partial charge is 0.383 e. The number of rotatable bonds is 12. The third-order valence-electron chi connectivity index (χ3n) is 12.0. The third-order valence-corrected chi connectivity index (χ3v) is 12.0. The number of ether oxygens (including phenoxy) is 3. The third kappa shape index (κ3) is 36.0. The highest BCUT2D eigenvalue weighted by molar-refractivity contribution is 5.76. The highest BCUT2D eigenvalue weighted by atomic mass is 19.1. The van der Waals surface area contributed by atoms with Crippen molar-refractivity contribution in [1.29, 1.82) is 10.8 Å². The zero-order valence-corrected chi connectivity index (χ0v) is 52.7. The van der Waals surface area contributed by atoms with E-state index >= 15 is 0 Å². The molecule has 2 aliphatic heterocycles. The zero-order valence-electron chi connectivity index (χ0n) is 52.7. The van der Waals surface area contributed by atoms with E-state index in [1.54, 1.807) is 70.6 Å². The van der Waals surface area contributed by atoms with Gasteiger partial charge in [-0.1, -0.05) is 6.07 Å². The summed E-state index contributed by atoms with van der Waals surface area (Å²) in [6.07, 6.45) is 15.7. The molecule has 22 nitrogen and oxygen atoms in total. The van der Waals surface area contributed by atoms with Crippen LogP contribution in [0.5, 0.6) is 0 Å². The highest BCUT2D eigenvalue weighted by Crippen LogP contribution is 2.14. The maximum absolute atomic E-state index is 12.8. The Balaban J connectivity index is 0.000000477. The maximum Gasteiger partial charge on any atom is 0.227 e. The number of benzene rings is 1. The van der Waals surface area contributed by atoms with Crippen LogP contribution in [-0.4, -0.2) is 196 Å². The van der Waals surface area contributed by atoms with E-state index in [4.69, 9.17) is 36.0 Å². The Morgan fingerprint density at radius 3 is 1.65 bits per heavy atom. The van der Waals surface area contributed by atoms with Crippen LogP contribution >= 0.6 is 0 Å². The van der Waals surface area contributed by atoms with E-state index in [-0.39, 0.29) is 5.82 Å². The molecule has 1 unspecified atom stereocenters. The number of methoxy groups -OCH3 is 3. The number of hydrogen-bond donors (Lipinski definition) is 5. The minimum Gasteiger partial charge on any atom is -0.383 e. The van der Waals surface area contributed by atoms with Crippen molar-refractivity contribution in [2.45, 2.75) is 106 Å². The number of aromatic nitrogens is 9. The van der Waals surface area contributed by atoms with Gasteiger partial charge in [0.05, 0.1) is 37.0 Å². The van der Waals surface area contributed by atoms with Crippen molar-refractivity contribution in [1.82, 2.24) is 64.4 Å². The van der Waals surface area contributed by atoms with Gasteiger partial charge in [-0.2, -0.15) is 0 Å². The second-order valence-electron chi connectivity index (χ2n) is 20.5. The maximum atomic E-state index is 12.8. The first-order chi connectivity index (χ1) is 39.3. The van der Waals surface area contributed by atoms with Crippen LogP contribution in [0.4, 0.5) is 16.3 Å². The lowest BCUT2D eigenvalue weighted by molar-refractivity contribution is -0.905. The van der Waals surface area contributed by atoms with Crippen molar-refractivity contribution >= 4 is 23.6 Å². The van der Waals surface area contributed by atoms with E-state index in [1.165, 1.54) is 18.0 Å². The predicted molar refractivity (Wildman–Crippen MR) is 329 cm³/mol. The Hall–Kier alpha value is -7.28. The smallest absolute Gasteiger partial charge is 0.227 e. The molecule has 0 saturated carbocycles. The number of nitrogens with two attached hydrogens (primary N) is 1. The van der Waals surface area contributed by atoms with Crippen LogP contribution < -0.4 is 15.8 Å². The average molecular weight is 1150 g/mol. The van der Waals surface area contributed by atoms with Gasteiger partial charge in [0.2, 0.25) is 24.3 Å². The Kier molecular flexibility index (Phi) is 37.8. The predicted octanol–water partition coefficient (Wildman–Crippen LogP) is 7.42. The summed E-state index contributed by atoms with van der Waals surface area (Å²) >= 11 is 0. The number of hydrogen-bond acceptors (Lipinski definition) is 19. The molecule has 1 atom stereocenters. The van der Waals surface area contributed by atoms with Crippen LogP contribution in [0.1, 0.15) is 84.0 Å². The molecule has 2 aliphatic rings. The molecule has 2 fully saturated rings. The van der Waals surface area contributed by atoms with E-state index < -0.39 is 0 Å². The van der Waals surface area contributed by atoms with Crippen LogP contribution in [0.25, 0.3) is 0 Å². The number of likely N-dealkylation sites (tertiary alicyclic amines) is 2. The fraction of sp³-hybridized carbons (Fsp3) is 0.517. The van der Waals surface area contributed by atoms with Gasteiger partial charge in [0.15, 0.2) is 0 Å². The van der Waals surface area contributed by atoms with Gasteiger partial charge in [-0.15, -0.1) is 0 Å². The number of halogens is 1. The monoisotopic (exact) mass is 1150 g/mol. The molecule has 6 aromatic rings. The minimum absolute atomic E-state index is 0.155. The summed E-state index contributed by atoms with van der Waals surface area (Å²) in [5, 5.41) is 26.9. The number of piperidine rings is 1. The van der Waals surface area contributed by atoms with Gasteiger partial charge in [0.25, 0.3) is 0 Å². The van der Waals surface area contributed by atoms with Gasteiger partial charge >= 0.3 is 0 Å². The number of nitrogens with zero attached hydrogens (tertiary/aromatic N) is 14. The summed E-state index contributed by atoms with van der Waals surface area (Å²) in [6.45, 7) is 23.1. The van der Waals surface area contributed by atoms with Gasteiger partial charge in [-0.3, -0.25) is 16.0 Å². The second kappa shape index (κ2) is 42.5. The second-order valence-corrected chi connectivity index (χ2v) is 20.5. The quantitative estimate of drug-likeness (QED) is 0.0263. The molecule has 0 radical (unpaired) electrons. The molecule has 1 aromatic carbocycles. The minimum atomic E-state index is -0.155. The molecule has 2 saturated heterocycles. The number of nitrogens with one attached hydrogen (secondary N) is 3. The van der Waals surface area contributed by atoms with Gasteiger partial charge in [-0.05, 0) is 170 Å². The van der Waals surface area contributed by atoms with Crippen molar-refractivity contribution < 1.29 is 28.5 Å². The summed E-state index contributed by atoms with van der Waals surface area (Å²) in [6, 6.07) is 14.2. The lowest BCUT2D eigenvalue weighted by Gasteiger charge is -2.31. The first-order valence-electron chi connectivity index (χ1n) is 27.5. The lowest BCUT2D eigenvalue weighted by Crippen LogP contribution is -2.39. The molecule has 8 rings (SSSR count). The molecular weight excluding hydrogens is 1060 g/mol. The standard InChI is InChI=1S/C10H14FN.C9H15N2O.C8H13N3O.C8H13N3.C8H16N2O.C7H14N2O.C5H7N3.C5H6N2/c1-8-4-5-10(11)6-9(8)7-12(2)3;1-8-4-5-11(12)7-9(8)6-10(2)3;1-7-3-4-9-8(11-7)10-5-6-12-2;1-7-4-5-9-8(10-7)6-11(2)3;1-7(9)10-5-3-8(11-2)4-6-10;1-6(8)9-4-3-7(5-9)10-2;1-4-2-3-7-5(6)8-4;1-5-2-3-6-4-7-5/h4-6H,7H2,1-3H3;4-5,7,12H,6H2,1-3H3;3-4H,5-6H2,1-2H3,(H,9,10,11);4-5H,6H2,1-3H3;8-9H,3-6H2,1-2H3;7-8H,3-5H2,1-2H3;2-3H,1H3,(H2,6,7,8);2-4H,1H3/q;+1;;;;;;. The van der Waals surface area contributed by atoms with Crippen molar-refractivity contribution in [2.24, 2.45) is 0 Å². The molecule has 5 aromatic heterocycles. The van der Waals surface area contributed by atoms with Gasteiger partial charge < -0.3 is 49.8 Å². The summed E-state index contributed by atoms with van der Waals surface area (Å²) < 4.78 is 29.1. The first-order valence-corrected chi connectivity index (χ1v) is 27.5. The lowest BCUT2D eigenvalue weighted by atomic mass is 10.1. The normalized spacial score (nSPS) is 13.3. The van der Waals surface area contributed by atoms with E-state index in [2.05, 4.69) is 59.9 Å². The van der Waals surface area contributed by atoms with Crippen LogP contribution in [0.2, 0.25) is 0 Å². The molecule has 6 N–H and O–H groups in total. The number of aryl methyl sites for hydroxylation is 6.